The van der Waals surface area contributed by atoms with Gasteiger partial charge in [-0.15, -0.1) is 0 Å². The summed E-state index contributed by atoms with van der Waals surface area (Å²) in [7, 11) is 0. The van der Waals surface area contributed by atoms with Gasteiger partial charge in [-0.3, -0.25) is 0 Å². The molecule has 0 rings (SSSR count). The highest BCUT2D eigenvalue weighted by atomic mass is 79.9. The van der Waals surface area contributed by atoms with Crippen LogP contribution in [0.1, 0.15) is 13.3 Å². The smallest absolute Gasteiger partial charge is 0.166 e. The van der Waals surface area contributed by atoms with Gasteiger partial charge in [0.25, 0.3) is 0 Å². The van der Waals surface area contributed by atoms with Crippen molar-refractivity contribution in [2.45, 2.75) is 19.5 Å². The molecule has 0 nitrogen and oxygen atoms in total. The van der Waals surface area contributed by atoms with Gasteiger partial charge in [0.2, 0.25) is 0 Å². The van der Waals surface area contributed by atoms with Gasteiger partial charge in [0.1, 0.15) is 0 Å². The van der Waals surface area contributed by atoms with Crippen LogP contribution in [0, 0.1) is 0 Å². The number of hydrogen-bond donors (Lipinski definition) is 0. The lowest BCUT2D eigenvalue weighted by Crippen LogP contribution is -2.06. The first kappa shape index (κ1) is 9.01. The Bertz CT molecular complexity index is 114. The van der Waals surface area contributed by atoms with Gasteiger partial charge >= 0.3 is 6.18 Å². The van der Waals surface area contributed by atoms with Crippen molar-refractivity contribution in [2.75, 3.05) is 0 Å². The summed E-state index contributed by atoms with van der Waals surface area (Å²) < 4.78 is 33.9. The van der Waals surface area contributed by atoms with Crippen molar-refractivity contribution >= 4 is 15.9 Å². The molecule has 0 aromatic heterocycles. The summed E-state index contributed by atoms with van der Waals surface area (Å²) in [5, 5.41) is 0. The molecule has 0 saturated carbocycles. The lowest BCUT2D eigenvalue weighted by atomic mass is 10.4. The van der Waals surface area contributed by atoms with Gasteiger partial charge in [0.15, 0.2) is 0 Å². The lowest BCUT2D eigenvalue weighted by Gasteiger charge is -2.02. The number of rotatable bonds is 1. The normalized spacial score (nSPS) is 14.1. The first-order valence-corrected chi connectivity index (χ1v) is 3.20. The second-order valence-electron chi connectivity index (χ2n) is 1.46. The van der Waals surface area contributed by atoms with Gasteiger partial charge in [0, 0.05) is 0 Å². The molecule has 0 unspecified atom stereocenters. The van der Waals surface area contributed by atoms with Gasteiger partial charge in [-0.05, 0) is 22.4 Å². The molecule has 0 atom stereocenters. The van der Waals surface area contributed by atoms with Crippen molar-refractivity contribution in [2.24, 2.45) is 0 Å². The maximum atomic E-state index is 11.5. The Balaban J connectivity index is 4.03. The zero-order valence-electron chi connectivity index (χ0n) is 4.80. The fourth-order valence-electron chi connectivity index (χ4n) is 0.295. The molecule has 0 aromatic rings. The molecule has 0 aliphatic heterocycles. The summed E-state index contributed by atoms with van der Waals surface area (Å²) >= 11 is 2.39. The Morgan fingerprint density at radius 3 is 2.11 bits per heavy atom. The molecule has 4 heteroatoms. The quantitative estimate of drug-likeness (QED) is 0.613. The largest absolute Gasteiger partial charge is 0.422 e. The van der Waals surface area contributed by atoms with Crippen LogP contribution in [-0.2, 0) is 0 Å². The first-order valence-electron chi connectivity index (χ1n) is 2.41. The third kappa shape index (κ3) is 3.56. The fraction of sp³-hybridized carbons (Fsp3) is 0.600. The van der Waals surface area contributed by atoms with Crippen molar-refractivity contribution in [3.63, 3.8) is 0 Å². The van der Waals surface area contributed by atoms with E-state index in [-0.39, 0.29) is 0 Å². The Morgan fingerprint density at radius 1 is 1.56 bits per heavy atom. The van der Waals surface area contributed by atoms with E-state index >= 15 is 0 Å². The van der Waals surface area contributed by atoms with Crippen molar-refractivity contribution < 1.29 is 13.2 Å². The number of halogens is 4. The fourth-order valence-corrected chi connectivity index (χ4v) is 0.619. The van der Waals surface area contributed by atoms with Gasteiger partial charge in [0.05, 0.1) is 4.48 Å². The van der Waals surface area contributed by atoms with E-state index in [2.05, 4.69) is 15.9 Å². The van der Waals surface area contributed by atoms with Crippen molar-refractivity contribution in [1.82, 2.24) is 0 Å². The topological polar surface area (TPSA) is 0 Å². The van der Waals surface area contributed by atoms with E-state index in [0.717, 1.165) is 6.08 Å². The molecule has 0 radical (unpaired) electrons. The van der Waals surface area contributed by atoms with E-state index in [1.807, 2.05) is 0 Å². The summed E-state index contributed by atoms with van der Waals surface area (Å²) in [5.74, 6) is 0. The first-order chi connectivity index (χ1) is 3.98. The third-order valence-electron chi connectivity index (χ3n) is 0.654. The molecule has 0 heterocycles. The van der Waals surface area contributed by atoms with Crippen molar-refractivity contribution in [1.29, 1.82) is 0 Å². The Hall–Kier alpha value is 0.01000. The molecular weight excluding hydrogens is 197 g/mol. The molecule has 0 fully saturated rings. The van der Waals surface area contributed by atoms with E-state index in [1.54, 1.807) is 6.92 Å². The number of alkyl halides is 3. The minimum Gasteiger partial charge on any atom is -0.166 e. The van der Waals surface area contributed by atoms with Crippen LogP contribution in [0.4, 0.5) is 13.2 Å². The van der Waals surface area contributed by atoms with Crippen LogP contribution in [0.15, 0.2) is 10.6 Å². The zero-order valence-corrected chi connectivity index (χ0v) is 6.38. The van der Waals surface area contributed by atoms with E-state index in [9.17, 15) is 13.2 Å². The van der Waals surface area contributed by atoms with Crippen LogP contribution in [0.2, 0.25) is 0 Å². The highest BCUT2D eigenvalue weighted by Crippen LogP contribution is 2.30. The van der Waals surface area contributed by atoms with E-state index in [0.29, 0.717) is 6.42 Å². The van der Waals surface area contributed by atoms with E-state index in [1.165, 1.54) is 0 Å². The second-order valence-corrected chi connectivity index (χ2v) is 2.31. The number of allylic oxidation sites excluding steroid dienone is 2. The predicted molar refractivity (Wildman–Crippen MR) is 33.4 cm³/mol. The third-order valence-corrected chi connectivity index (χ3v) is 1.43. The van der Waals surface area contributed by atoms with Gasteiger partial charge in [-0.1, -0.05) is 13.0 Å². The Kier molecular flexibility index (Phi) is 3.25. The molecule has 0 aromatic carbocycles. The van der Waals surface area contributed by atoms with Gasteiger partial charge in [-0.25, -0.2) is 0 Å². The predicted octanol–water partition coefficient (Wildman–Crippen LogP) is 3.24. The lowest BCUT2D eigenvalue weighted by molar-refractivity contribution is -0.0830. The van der Waals surface area contributed by atoms with Crippen LogP contribution in [0.25, 0.3) is 0 Å². The highest BCUT2D eigenvalue weighted by molar-refractivity contribution is 9.11. The molecule has 0 saturated heterocycles. The molecule has 54 valence electrons. The number of hydrogen-bond acceptors (Lipinski definition) is 0. The molecule has 0 N–H and O–H groups in total. The molecule has 0 spiro atoms. The van der Waals surface area contributed by atoms with Crippen LogP contribution < -0.4 is 0 Å². The summed E-state index contributed by atoms with van der Waals surface area (Å²) in [4.78, 5) is 0. The average Bonchev–Trinajstić information content (AvgIpc) is 1.64. The zero-order chi connectivity index (χ0) is 7.49. The maximum absolute atomic E-state index is 11.5. The second kappa shape index (κ2) is 3.25. The van der Waals surface area contributed by atoms with E-state index < -0.39 is 10.7 Å². The van der Waals surface area contributed by atoms with Crippen LogP contribution in [-0.4, -0.2) is 6.18 Å². The molecule has 0 amide bonds. The maximum Gasteiger partial charge on any atom is 0.422 e. The average molecular weight is 203 g/mol. The molecule has 0 aliphatic carbocycles. The van der Waals surface area contributed by atoms with Crippen LogP contribution in [0.3, 0.4) is 0 Å². The summed E-state index contributed by atoms with van der Waals surface area (Å²) in [5.41, 5.74) is 0. The molecule has 0 bridgehead atoms. The van der Waals surface area contributed by atoms with Gasteiger partial charge < -0.3 is 0 Å². The van der Waals surface area contributed by atoms with Gasteiger partial charge in [-0.2, -0.15) is 13.2 Å². The Labute approximate surface area is 59.9 Å². The molecular formula is C5H6BrF3. The summed E-state index contributed by atoms with van der Waals surface area (Å²) in [6.07, 6.45) is -2.74. The summed E-state index contributed by atoms with van der Waals surface area (Å²) in [6, 6.07) is 0. The minimum absolute atomic E-state index is 0.389. The molecule has 0 aliphatic rings. The molecule has 9 heavy (non-hydrogen) atoms. The van der Waals surface area contributed by atoms with E-state index in [4.69, 9.17) is 0 Å². The van der Waals surface area contributed by atoms with Crippen LogP contribution >= 0.6 is 15.9 Å². The summed E-state index contributed by atoms with van der Waals surface area (Å²) in [6.45, 7) is 1.65. The van der Waals surface area contributed by atoms with Crippen molar-refractivity contribution in [3.05, 3.63) is 10.6 Å². The van der Waals surface area contributed by atoms with Crippen molar-refractivity contribution in [3.8, 4) is 0 Å². The minimum atomic E-state index is -4.21. The highest BCUT2D eigenvalue weighted by Gasteiger charge is 2.30. The SMILES string of the molecule is CCC=C(Br)C(F)(F)F. The standard InChI is InChI=1S/C5H6BrF3/c1-2-3-4(6)5(7,8)9/h3H,2H2,1H3. The monoisotopic (exact) mass is 202 g/mol. The Morgan fingerprint density at radius 2 is 2.00 bits per heavy atom. The van der Waals surface area contributed by atoms with Crippen LogP contribution in [0.5, 0.6) is 0 Å².